The summed E-state index contributed by atoms with van der Waals surface area (Å²) in [6.07, 6.45) is 0. The Morgan fingerprint density at radius 3 is 2.79 bits per heavy atom. The summed E-state index contributed by atoms with van der Waals surface area (Å²) in [6.45, 7) is -0.239. The minimum atomic E-state index is -4.01. The van der Waals surface area contributed by atoms with Gasteiger partial charge in [0.1, 0.15) is 5.82 Å². The van der Waals surface area contributed by atoms with E-state index in [1.807, 2.05) is 0 Å². The van der Waals surface area contributed by atoms with Crippen molar-refractivity contribution >= 4 is 16.0 Å². The van der Waals surface area contributed by atoms with Crippen LogP contribution in [0.5, 0.6) is 0 Å². The maximum Gasteiger partial charge on any atom is 0.277 e. The SMILES string of the molecule is Cn1nnc(NS(=O)(=O)c2cccc(F)c2CN)n1. The zero-order valence-electron chi connectivity index (χ0n) is 9.91. The van der Waals surface area contributed by atoms with Crippen LogP contribution in [0.4, 0.5) is 10.3 Å². The second-order valence-corrected chi connectivity index (χ2v) is 5.28. The molecule has 19 heavy (non-hydrogen) atoms. The first-order valence-electron chi connectivity index (χ1n) is 5.18. The van der Waals surface area contributed by atoms with E-state index in [-0.39, 0.29) is 23.0 Å². The summed E-state index contributed by atoms with van der Waals surface area (Å²) in [5, 5.41) is 10.7. The highest BCUT2D eigenvalue weighted by Gasteiger charge is 2.22. The topological polar surface area (TPSA) is 116 Å². The van der Waals surface area contributed by atoms with Gasteiger partial charge in [0, 0.05) is 12.1 Å². The van der Waals surface area contributed by atoms with E-state index < -0.39 is 15.8 Å². The highest BCUT2D eigenvalue weighted by Crippen LogP contribution is 2.20. The number of rotatable bonds is 4. The third-order valence-corrected chi connectivity index (χ3v) is 3.72. The number of hydrogen-bond acceptors (Lipinski definition) is 6. The molecule has 1 aromatic heterocycles. The Balaban J connectivity index is 2.42. The Labute approximate surface area is 108 Å². The number of benzene rings is 1. The summed E-state index contributed by atoms with van der Waals surface area (Å²) in [4.78, 5) is 0.843. The number of nitrogens with zero attached hydrogens (tertiary/aromatic N) is 4. The molecule has 10 heteroatoms. The maximum atomic E-state index is 13.5. The van der Waals surface area contributed by atoms with E-state index in [1.54, 1.807) is 0 Å². The zero-order valence-corrected chi connectivity index (χ0v) is 10.7. The summed E-state index contributed by atoms with van der Waals surface area (Å²) in [5.74, 6) is -0.882. The molecule has 0 aliphatic carbocycles. The van der Waals surface area contributed by atoms with Crippen LogP contribution in [0, 0.1) is 5.82 Å². The third-order valence-electron chi connectivity index (χ3n) is 2.30. The molecule has 0 bridgehead atoms. The molecule has 1 heterocycles. The lowest BCUT2D eigenvalue weighted by molar-refractivity contribution is 0.585. The van der Waals surface area contributed by atoms with Crippen molar-refractivity contribution in [2.45, 2.75) is 11.4 Å². The monoisotopic (exact) mass is 286 g/mol. The highest BCUT2D eigenvalue weighted by atomic mass is 32.2. The Morgan fingerprint density at radius 1 is 1.47 bits per heavy atom. The van der Waals surface area contributed by atoms with Gasteiger partial charge in [-0.2, -0.15) is 4.80 Å². The second-order valence-electron chi connectivity index (χ2n) is 3.63. The molecule has 0 amide bonds. The van der Waals surface area contributed by atoms with Crippen LogP contribution in [-0.4, -0.2) is 28.6 Å². The minimum Gasteiger partial charge on any atom is -0.326 e. The molecule has 0 radical (unpaired) electrons. The predicted molar refractivity (Wildman–Crippen MR) is 63.9 cm³/mol. The third kappa shape index (κ3) is 2.69. The number of halogens is 1. The molecule has 8 nitrogen and oxygen atoms in total. The van der Waals surface area contributed by atoms with Crippen LogP contribution in [0.1, 0.15) is 5.56 Å². The summed E-state index contributed by atoms with van der Waals surface area (Å²) in [6, 6.07) is 3.68. The number of hydrogen-bond donors (Lipinski definition) is 2. The number of sulfonamides is 1. The number of aryl methyl sites for hydroxylation is 1. The molecular formula is C9H11FN6O2S. The lowest BCUT2D eigenvalue weighted by Crippen LogP contribution is -2.18. The van der Waals surface area contributed by atoms with E-state index >= 15 is 0 Å². The lowest BCUT2D eigenvalue weighted by atomic mass is 10.2. The highest BCUT2D eigenvalue weighted by molar-refractivity contribution is 7.92. The molecule has 0 aliphatic rings. The quantitative estimate of drug-likeness (QED) is 0.790. The Hall–Kier alpha value is -2.07. The maximum absolute atomic E-state index is 13.5. The van der Waals surface area contributed by atoms with Crippen molar-refractivity contribution in [3.05, 3.63) is 29.6 Å². The van der Waals surface area contributed by atoms with Crippen molar-refractivity contribution < 1.29 is 12.8 Å². The summed E-state index contributed by atoms with van der Waals surface area (Å²) < 4.78 is 39.8. The Bertz CT molecular complexity index is 698. The zero-order chi connectivity index (χ0) is 14.0. The fourth-order valence-electron chi connectivity index (χ4n) is 1.49. The first kappa shape index (κ1) is 13.4. The predicted octanol–water partition coefficient (Wildman–Crippen LogP) is -0.391. The van der Waals surface area contributed by atoms with Gasteiger partial charge in [0.05, 0.1) is 11.9 Å². The van der Waals surface area contributed by atoms with E-state index in [4.69, 9.17) is 5.73 Å². The first-order valence-corrected chi connectivity index (χ1v) is 6.66. The van der Waals surface area contributed by atoms with Gasteiger partial charge in [0.15, 0.2) is 0 Å². The van der Waals surface area contributed by atoms with E-state index in [0.29, 0.717) is 0 Å². The van der Waals surface area contributed by atoms with Gasteiger partial charge in [0.2, 0.25) is 0 Å². The van der Waals surface area contributed by atoms with Crippen molar-refractivity contribution in [2.75, 3.05) is 4.72 Å². The molecule has 0 fully saturated rings. The van der Waals surface area contributed by atoms with Gasteiger partial charge in [-0.15, -0.1) is 5.10 Å². The van der Waals surface area contributed by atoms with Crippen LogP contribution >= 0.6 is 0 Å². The van der Waals surface area contributed by atoms with Gasteiger partial charge in [-0.25, -0.2) is 17.5 Å². The van der Waals surface area contributed by atoms with Crippen LogP contribution in [0.3, 0.4) is 0 Å². The van der Waals surface area contributed by atoms with Crippen molar-refractivity contribution in [1.29, 1.82) is 0 Å². The molecule has 3 N–H and O–H groups in total. The largest absolute Gasteiger partial charge is 0.326 e. The van der Waals surface area contributed by atoms with E-state index in [2.05, 4.69) is 20.1 Å². The van der Waals surface area contributed by atoms with Crippen LogP contribution < -0.4 is 10.5 Å². The number of aromatic nitrogens is 4. The first-order chi connectivity index (χ1) is 8.94. The average molecular weight is 286 g/mol. The van der Waals surface area contributed by atoms with Crippen molar-refractivity contribution in [3.63, 3.8) is 0 Å². The van der Waals surface area contributed by atoms with Crippen LogP contribution in [0.15, 0.2) is 23.1 Å². The smallest absolute Gasteiger partial charge is 0.277 e. The average Bonchev–Trinajstić information content (AvgIpc) is 2.73. The lowest BCUT2D eigenvalue weighted by Gasteiger charge is -2.09. The van der Waals surface area contributed by atoms with Gasteiger partial charge in [0.25, 0.3) is 16.0 Å². The number of nitrogens with two attached hydrogens (primary N) is 1. The van der Waals surface area contributed by atoms with Crippen LogP contribution in [-0.2, 0) is 23.6 Å². The molecule has 0 unspecified atom stereocenters. The Morgan fingerprint density at radius 2 is 2.21 bits per heavy atom. The van der Waals surface area contributed by atoms with E-state index in [1.165, 1.54) is 19.2 Å². The molecule has 2 aromatic rings. The van der Waals surface area contributed by atoms with Crippen LogP contribution in [0.2, 0.25) is 0 Å². The minimum absolute atomic E-state index is 0.0982. The summed E-state index contributed by atoms with van der Waals surface area (Å²) >= 11 is 0. The molecule has 0 atom stereocenters. The number of tetrazole rings is 1. The molecule has 0 saturated heterocycles. The van der Waals surface area contributed by atoms with Gasteiger partial charge in [-0.3, -0.25) is 0 Å². The molecule has 1 aromatic carbocycles. The van der Waals surface area contributed by atoms with Crippen LogP contribution in [0.25, 0.3) is 0 Å². The van der Waals surface area contributed by atoms with Crippen molar-refractivity contribution in [2.24, 2.45) is 12.8 Å². The molecular weight excluding hydrogens is 275 g/mol. The molecule has 102 valence electrons. The summed E-state index contributed by atoms with van der Waals surface area (Å²) in [5.41, 5.74) is 5.27. The van der Waals surface area contributed by atoms with E-state index in [0.717, 1.165) is 10.9 Å². The fourth-order valence-corrected chi connectivity index (χ4v) is 2.68. The normalized spacial score (nSPS) is 11.5. The summed E-state index contributed by atoms with van der Waals surface area (Å²) in [7, 11) is -2.53. The standard InChI is InChI=1S/C9H11FN6O2S/c1-16-13-9(12-15-16)14-19(17,18)8-4-2-3-7(10)6(8)5-11/h2-4H,5,11H2,1H3,(H,13,14). The number of anilines is 1. The van der Waals surface area contributed by atoms with Crippen molar-refractivity contribution in [3.8, 4) is 0 Å². The van der Waals surface area contributed by atoms with Gasteiger partial charge < -0.3 is 5.73 Å². The molecule has 2 rings (SSSR count). The van der Waals surface area contributed by atoms with Crippen molar-refractivity contribution in [1.82, 2.24) is 20.2 Å². The number of nitrogens with one attached hydrogen (secondary N) is 1. The second kappa shape index (κ2) is 4.90. The molecule has 0 aliphatic heterocycles. The van der Waals surface area contributed by atoms with Gasteiger partial charge in [-0.1, -0.05) is 11.2 Å². The Kier molecular flexibility index (Phi) is 3.44. The van der Waals surface area contributed by atoms with Gasteiger partial charge >= 0.3 is 0 Å². The fraction of sp³-hybridized carbons (Fsp3) is 0.222. The molecule has 0 spiro atoms. The van der Waals surface area contributed by atoms with E-state index in [9.17, 15) is 12.8 Å². The van der Waals surface area contributed by atoms with Gasteiger partial charge in [-0.05, 0) is 17.3 Å². The molecule has 0 saturated carbocycles.